The van der Waals surface area contributed by atoms with Crippen molar-refractivity contribution in [2.45, 2.75) is 85.3 Å². The van der Waals surface area contributed by atoms with Gasteiger partial charge < -0.3 is 23.7 Å². The number of piperidine rings is 1. The Balaban J connectivity index is 0.935. The lowest BCUT2D eigenvalue weighted by Gasteiger charge is -2.35. The van der Waals surface area contributed by atoms with Gasteiger partial charge in [0.15, 0.2) is 6.61 Å². The Morgan fingerprint density at radius 3 is 2.38 bits per heavy atom. The summed E-state index contributed by atoms with van der Waals surface area (Å²) in [5.74, 6) is -0.774. The summed E-state index contributed by atoms with van der Waals surface area (Å²) in [6, 6.07) is 21.5. The number of nitrogens with zero attached hydrogens (tertiary/aromatic N) is 6. The second-order valence-corrected chi connectivity index (χ2v) is 20.0. The fraction of sp³-hybridized carbons (Fsp3) is 0.382. The lowest BCUT2D eigenvalue weighted by atomic mass is 9.89. The van der Waals surface area contributed by atoms with E-state index in [1.165, 1.54) is 12.1 Å². The zero-order valence-electron chi connectivity index (χ0n) is 41.3. The first-order chi connectivity index (χ1) is 33.9. The number of ether oxygens (including phenoxy) is 3. The standard InChI is InChI=1S/C55H59ClFN7O7/c1-32-43(42-17-20-47(65)59-53(42)67)30-36-29-38(14-19-45(36)58-32)70-31-48(66)63-24-21-62(22-25-63)23-26-64-51-41(16-18-44(56)50(51)49-33(2)60-61(7)34(49)3)40(52(64)54(68)71-55(4,5)6)11-9-27-69-46-12-8-10-35-28-37(57)13-15-39(35)46/h8,10,12-16,18-19,28-30,42H,9,11,17,20-27,31H2,1-7H3,(H,59,65,67). The third-order valence-corrected chi connectivity index (χ3v) is 13.9. The summed E-state index contributed by atoms with van der Waals surface area (Å²) in [5, 5.41) is 11.0. The zero-order chi connectivity index (χ0) is 50.3. The number of hydrogen-bond donors (Lipinski definition) is 1. The highest BCUT2D eigenvalue weighted by molar-refractivity contribution is 6.35. The molecule has 2 aliphatic rings. The minimum Gasteiger partial charge on any atom is -0.493 e. The summed E-state index contributed by atoms with van der Waals surface area (Å²) in [6.45, 7) is 14.8. The van der Waals surface area contributed by atoms with Gasteiger partial charge in [-0.05, 0) is 132 Å². The summed E-state index contributed by atoms with van der Waals surface area (Å²) in [6.07, 6.45) is 1.75. The number of halogens is 2. The van der Waals surface area contributed by atoms with Crippen LogP contribution in [0.4, 0.5) is 4.39 Å². The highest BCUT2D eigenvalue weighted by Crippen LogP contribution is 2.43. The van der Waals surface area contributed by atoms with E-state index >= 15 is 0 Å². The van der Waals surface area contributed by atoms with Crippen LogP contribution < -0.4 is 14.8 Å². The number of rotatable bonds is 14. The average molecular weight is 985 g/mol. The van der Waals surface area contributed by atoms with Crippen molar-refractivity contribution in [1.82, 2.24) is 34.4 Å². The molecule has 16 heteroatoms. The molecule has 5 heterocycles. The van der Waals surface area contributed by atoms with Crippen LogP contribution in [-0.2, 0) is 39.1 Å². The molecule has 2 aliphatic heterocycles. The van der Waals surface area contributed by atoms with Crippen molar-refractivity contribution >= 4 is 67.9 Å². The maximum atomic E-state index is 14.6. The number of aryl methyl sites for hydroxylation is 4. The molecule has 0 saturated carbocycles. The number of esters is 1. The fourth-order valence-corrected chi connectivity index (χ4v) is 10.3. The molecule has 7 aromatic rings. The number of carbonyl (C=O) groups is 4. The monoisotopic (exact) mass is 983 g/mol. The van der Waals surface area contributed by atoms with Gasteiger partial charge in [-0.2, -0.15) is 5.10 Å². The van der Waals surface area contributed by atoms with Crippen LogP contribution in [0.15, 0.2) is 72.8 Å². The molecule has 1 atom stereocenters. The second kappa shape index (κ2) is 20.1. The van der Waals surface area contributed by atoms with Crippen LogP contribution >= 0.6 is 11.6 Å². The fourth-order valence-electron chi connectivity index (χ4n) is 10.1. The van der Waals surface area contributed by atoms with Gasteiger partial charge in [0.1, 0.15) is 28.6 Å². The average Bonchev–Trinajstić information content (AvgIpc) is 3.78. The molecular weight excluding hydrogens is 925 g/mol. The van der Waals surface area contributed by atoms with E-state index in [4.69, 9.17) is 35.9 Å². The first kappa shape index (κ1) is 49.2. The number of aromatic nitrogens is 4. The van der Waals surface area contributed by atoms with E-state index in [9.17, 15) is 23.6 Å². The van der Waals surface area contributed by atoms with Gasteiger partial charge >= 0.3 is 5.97 Å². The van der Waals surface area contributed by atoms with Crippen LogP contribution in [0.25, 0.3) is 43.7 Å². The van der Waals surface area contributed by atoms with Crippen LogP contribution in [0.5, 0.6) is 11.5 Å². The summed E-state index contributed by atoms with van der Waals surface area (Å²) in [7, 11) is 1.91. The Labute approximate surface area is 417 Å². The molecule has 0 bridgehead atoms. The number of piperazine rings is 1. The van der Waals surface area contributed by atoms with Crippen LogP contribution in [0.1, 0.15) is 84.6 Å². The number of pyridine rings is 1. The molecular formula is C55H59ClFN7O7. The molecule has 1 unspecified atom stereocenters. The van der Waals surface area contributed by atoms with E-state index in [0.29, 0.717) is 87.4 Å². The molecule has 370 valence electrons. The summed E-state index contributed by atoms with van der Waals surface area (Å²) < 4.78 is 36.5. The van der Waals surface area contributed by atoms with Gasteiger partial charge in [0.25, 0.3) is 5.91 Å². The molecule has 3 aromatic heterocycles. The number of carbonyl (C=O) groups excluding carboxylic acids is 4. The smallest absolute Gasteiger partial charge is 0.355 e. The van der Waals surface area contributed by atoms with Gasteiger partial charge in [0.2, 0.25) is 11.8 Å². The number of hydrogen-bond acceptors (Lipinski definition) is 10. The van der Waals surface area contributed by atoms with Crippen molar-refractivity contribution in [2.75, 3.05) is 45.9 Å². The molecule has 71 heavy (non-hydrogen) atoms. The lowest BCUT2D eigenvalue weighted by Crippen LogP contribution is -2.50. The zero-order valence-corrected chi connectivity index (χ0v) is 42.0. The van der Waals surface area contributed by atoms with Gasteiger partial charge in [-0.3, -0.25) is 34.3 Å². The summed E-state index contributed by atoms with van der Waals surface area (Å²) in [4.78, 5) is 61.5. The molecule has 4 aromatic carbocycles. The van der Waals surface area contributed by atoms with Crippen molar-refractivity contribution < 1.29 is 37.8 Å². The highest BCUT2D eigenvalue weighted by Gasteiger charge is 2.33. The van der Waals surface area contributed by atoms with E-state index in [2.05, 4.69) is 14.8 Å². The van der Waals surface area contributed by atoms with Gasteiger partial charge in [-0.1, -0.05) is 29.8 Å². The summed E-state index contributed by atoms with van der Waals surface area (Å²) in [5.41, 5.74) is 7.01. The van der Waals surface area contributed by atoms with Crippen LogP contribution in [0, 0.1) is 26.6 Å². The van der Waals surface area contributed by atoms with E-state index in [1.807, 2.05) is 107 Å². The van der Waals surface area contributed by atoms with Gasteiger partial charge in [0, 0.05) is 91.4 Å². The van der Waals surface area contributed by atoms with Gasteiger partial charge in [-0.25, -0.2) is 9.18 Å². The molecule has 0 radical (unpaired) electrons. The molecule has 0 spiro atoms. The number of benzene rings is 4. The maximum absolute atomic E-state index is 14.6. The number of nitrogens with one attached hydrogen (secondary N) is 1. The molecule has 0 aliphatic carbocycles. The van der Waals surface area contributed by atoms with Crippen LogP contribution in [-0.4, -0.2) is 104 Å². The maximum Gasteiger partial charge on any atom is 0.355 e. The topological polar surface area (TPSA) is 150 Å². The third kappa shape index (κ3) is 10.3. The minimum atomic E-state index is -0.776. The Kier molecular flexibility index (Phi) is 13.9. The molecule has 2 fully saturated rings. The van der Waals surface area contributed by atoms with E-state index in [0.717, 1.165) is 71.9 Å². The van der Waals surface area contributed by atoms with Crippen molar-refractivity contribution in [3.63, 3.8) is 0 Å². The van der Waals surface area contributed by atoms with Crippen molar-refractivity contribution in [3.05, 3.63) is 118 Å². The summed E-state index contributed by atoms with van der Waals surface area (Å²) >= 11 is 7.20. The first-order valence-corrected chi connectivity index (χ1v) is 24.6. The highest BCUT2D eigenvalue weighted by atomic mass is 35.5. The Bertz CT molecular complexity index is 3240. The molecule has 3 amide bonds. The molecule has 2 saturated heterocycles. The first-order valence-electron chi connectivity index (χ1n) is 24.2. The van der Waals surface area contributed by atoms with Gasteiger partial charge in [-0.15, -0.1) is 0 Å². The van der Waals surface area contributed by atoms with Crippen molar-refractivity contribution in [2.24, 2.45) is 7.05 Å². The Morgan fingerprint density at radius 1 is 0.873 bits per heavy atom. The van der Waals surface area contributed by atoms with Gasteiger partial charge in [0.05, 0.1) is 34.3 Å². The largest absolute Gasteiger partial charge is 0.493 e. The third-order valence-electron chi connectivity index (χ3n) is 13.6. The molecule has 9 rings (SSSR count). The van der Waals surface area contributed by atoms with Crippen molar-refractivity contribution in [3.8, 4) is 22.6 Å². The number of imide groups is 1. The SMILES string of the molecule is Cc1nc2ccc(OCC(=O)N3CCN(CCn4c(C(=O)OC(C)(C)C)c(CCCOc5cccc6cc(F)ccc56)c5ccc(Cl)c(-c6c(C)nn(C)c6C)c54)CC3)cc2cc1C1CCC(=O)NC1=O. The van der Waals surface area contributed by atoms with E-state index < -0.39 is 17.5 Å². The Hall–Kier alpha value is -6.84. The molecule has 14 nitrogen and oxygen atoms in total. The minimum absolute atomic E-state index is 0.135. The number of amides is 3. The lowest BCUT2D eigenvalue weighted by molar-refractivity contribution is -0.135. The quantitative estimate of drug-likeness (QED) is 0.0635. The predicted molar refractivity (Wildman–Crippen MR) is 272 cm³/mol. The van der Waals surface area contributed by atoms with E-state index in [-0.39, 0.29) is 36.6 Å². The van der Waals surface area contributed by atoms with Crippen LogP contribution in [0.3, 0.4) is 0 Å². The normalized spacial score (nSPS) is 15.7. The van der Waals surface area contributed by atoms with Crippen molar-refractivity contribution in [1.29, 1.82) is 0 Å². The Morgan fingerprint density at radius 2 is 1.65 bits per heavy atom. The predicted octanol–water partition coefficient (Wildman–Crippen LogP) is 9.17. The number of fused-ring (bicyclic) bond motifs is 3. The second-order valence-electron chi connectivity index (χ2n) is 19.6. The molecule has 1 N–H and O–H groups in total. The van der Waals surface area contributed by atoms with Crippen LogP contribution in [0.2, 0.25) is 5.02 Å². The van der Waals surface area contributed by atoms with E-state index in [1.54, 1.807) is 12.1 Å².